The molecule has 1 aliphatic carbocycles. The Kier molecular flexibility index (Phi) is 6.11. The number of aromatic nitrogens is 4. The van der Waals surface area contributed by atoms with Crippen molar-refractivity contribution in [2.45, 2.75) is 38.0 Å². The first kappa shape index (κ1) is 20.1. The first-order chi connectivity index (χ1) is 14.7. The molecule has 1 fully saturated rings. The van der Waals surface area contributed by atoms with Crippen LogP contribution in [0.3, 0.4) is 0 Å². The lowest BCUT2D eigenvalue weighted by Gasteiger charge is -2.28. The van der Waals surface area contributed by atoms with Gasteiger partial charge in [-0.2, -0.15) is 10.1 Å². The fraction of sp³-hybridized carbons (Fsp3) is 0.455. The second kappa shape index (κ2) is 9.11. The molecule has 8 nitrogen and oxygen atoms in total. The predicted molar refractivity (Wildman–Crippen MR) is 112 cm³/mol. The van der Waals surface area contributed by atoms with E-state index >= 15 is 0 Å². The molecule has 4 rings (SSSR count). The van der Waals surface area contributed by atoms with Crippen molar-refractivity contribution >= 4 is 11.7 Å². The van der Waals surface area contributed by atoms with Crippen LogP contribution >= 0.6 is 0 Å². The fourth-order valence-electron chi connectivity index (χ4n) is 4.24. The van der Waals surface area contributed by atoms with Crippen molar-refractivity contribution in [2.24, 2.45) is 5.92 Å². The molecule has 3 aromatic rings. The van der Waals surface area contributed by atoms with Crippen LogP contribution in [0.25, 0.3) is 5.78 Å². The van der Waals surface area contributed by atoms with Crippen molar-refractivity contribution in [1.82, 2.24) is 24.9 Å². The Bertz CT molecular complexity index is 1010. The quantitative estimate of drug-likeness (QED) is 0.645. The summed E-state index contributed by atoms with van der Waals surface area (Å²) in [6, 6.07) is 7.54. The number of methoxy groups -OCH3 is 2. The van der Waals surface area contributed by atoms with E-state index in [2.05, 4.69) is 20.4 Å². The number of ether oxygens (including phenoxy) is 2. The molecule has 8 heteroatoms. The Morgan fingerprint density at radius 3 is 2.73 bits per heavy atom. The minimum atomic E-state index is 0.00198. The van der Waals surface area contributed by atoms with Gasteiger partial charge in [-0.15, -0.1) is 0 Å². The van der Waals surface area contributed by atoms with Gasteiger partial charge in [0.25, 0.3) is 5.78 Å². The third kappa shape index (κ3) is 4.37. The minimum Gasteiger partial charge on any atom is -0.497 e. The van der Waals surface area contributed by atoms with E-state index in [1.807, 2.05) is 28.8 Å². The number of hydrogen-bond acceptors (Lipinski definition) is 6. The van der Waals surface area contributed by atoms with E-state index in [-0.39, 0.29) is 12.3 Å². The largest absolute Gasteiger partial charge is 0.497 e. The van der Waals surface area contributed by atoms with Gasteiger partial charge in [0.2, 0.25) is 5.91 Å². The number of hydrogen-bond donors (Lipinski definition) is 1. The van der Waals surface area contributed by atoms with E-state index in [9.17, 15) is 4.79 Å². The SMILES string of the molecule is COc1ccc(OC)c(CC(=O)NCC2CCC(c3ccnc4ncnn34)CC2)c1. The second-order valence-electron chi connectivity index (χ2n) is 7.72. The predicted octanol–water partition coefficient (Wildman–Crippen LogP) is 2.77. The number of amides is 1. The lowest BCUT2D eigenvalue weighted by Crippen LogP contribution is -2.32. The number of carbonyl (C=O) groups is 1. The smallest absolute Gasteiger partial charge is 0.252 e. The van der Waals surface area contributed by atoms with Crippen molar-refractivity contribution in [3.63, 3.8) is 0 Å². The molecule has 0 saturated heterocycles. The Labute approximate surface area is 175 Å². The summed E-state index contributed by atoms with van der Waals surface area (Å²) >= 11 is 0. The highest BCUT2D eigenvalue weighted by Gasteiger charge is 2.25. The fourth-order valence-corrected chi connectivity index (χ4v) is 4.24. The third-order valence-electron chi connectivity index (χ3n) is 5.90. The summed E-state index contributed by atoms with van der Waals surface area (Å²) in [6.07, 6.45) is 7.92. The standard InChI is InChI=1S/C22H27N5O3/c1-29-18-7-8-20(30-2)17(11-18)12-21(28)24-13-15-3-5-16(6-4-15)19-9-10-23-22-25-14-26-27(19)22/h7-11,14-16H,3-6,12-13H2,1-2H3,(H,24,28). The molecular weight excluding hydrogens is 382 g/mol. The van der Waals surface area contributed by atoms with Crippen LogP contribution < -0.4 is 14.8 Å². The van der Waals surface area contributed by atoms with Crippen LogP contribution in [0.15, 0.2) is 36.8 Å². The summed E-state index contributed by atoms with van der Waals surface area (Å²) < 4.78 is 12.5. The highest BCUT2D eigenvalue weighted by Crippen LogP contribution is 2.35. The Morgan fingerprint density at radius 2 is 1.97 bits per heavy atom. The summed E-state index contributed by atoms with van der Waals surface area (Å²) in [5.41, 5.74) is 2.00. The van der Waals surface area contributed by atoms with Gasteiger partial charge in [0.05, 0.1) is 26.3 Å². The molecule has 1 amide bonds. The maximum Gasteiger partial charge on any atom is 0.252 e. The monoisotopic (exact) mass is 409 g/mol. The molecule has 0 spiro atoms. The van der Waals surface area contributed by atoms with Crippen LogP contribution in [0, 0.1) is 5.92 Å². The van der Waals surface area contributed by atoms with Gasteiger partial charge in [-0.05, 0) is 55.9 Å². The number of nitrogens with zero attached hydrogens (tertiary/aromatic N) is 4. The van der Waals surface area contributed by atoms with Gasteiger partial charge in [0, 0.05) is 24.2 Å². The van der Waals surface area contributed by atoms with Crippen molar-refractivity contribution in [1.29, 1.82) is 0 Å². The summed E-state index contributed by atoms with van der Waals surface area (Å²) in [4.78, 5) is 20.9. The molecule has 0 atom stereocenters. The van der Waals surface area contributed by atoms with E-state index in [0.29, 0.717) is 29.9 Å². The van der Waals surface area contributed by atoms with E-state index < -0.39 is 0 Å². The number of nitrogens with one attached hydrogen (secondary N) is 1. The van der Waals surface area contributed by atoms with Crippen molar-refractivity contribution in [3.05, 3.63) is 48.0 Å². The highest BCUT2D eigenvalue weighted by molar-refractivity contribution is 5.79. The zero-order valence-electron chi connectivity index (χ0n) is 17.4. The zero-order chi connectivity index (χ0) is 20.9. The van der Waals surface area contributed by atoms with Gasteiger partial charge in [-0.3, -0.25) is 4.79 Å². The molecule has 2 heterocycles. The molecule has 0 aliphatic heterocycles. The molecular formula is C22H27N5O3. The zero-order valence-corrected chi connectivity index (χ0v) is 17.4. The van der Waals surface area contributed by atoms with E-state index in [1.165, 1.54) is 5.69 Å². The van der Waals surface area contributed by atoms with Gasteiger partial charge in [0.15, 0.2) is 0 Å². The third-order valence-corrected chi connectivity index (χ3v) is 5.90. The Morgan fingerprint density at radius 1 is 1.13 bits per heavy atom. The minimum absolute atomic E-state index is 0.00198. The molecule has 0 bridgehead atoms. The summed E-state index contributed by atoms with van der Waals surface area (Å²) in [7, 11) is 3.22. The molecule has 30 heavy (non-hydrogen) atoms. The second-order valence-corrected chi connectivity index (χ2v) is 7.72. The van der Waals surface area contributed by atoms with E-state index in [0.717, 1.165) is 37.0 Å². The number of fused-ring (bicyclic) bond motifs is 1. The molecule has 1 aliphatic rings. The van der Waals surface area contributed by atoms with Gasteiger partial charge in [0.1, 0.15) is 17.8 Å². The van der Waals surface area contributed by atoms with Crippen LogP contribution in [0.2, 0.25) is 0 Å². The van der Waals surface area contributed by atoms with Crippen molar-refractivity contribution < 1.29 is 14.3 Å². The lowest BCUT2D eigenvalue weighted by molar-refractivity contribution is -0.120. The molecule has 1 N–H and O–H groups in total. The van der Waals surface area contributed by atoms with E-state index in [1.54, 1.807) is 26.7 Å². The number of carbonyl (C=O) groups excluding carboxylic acids is 1. The van der Waals surface area contributed by atoms with Crippen molar-refractivity contribution in [3.8, 4) is 11.5 Å². The molecule has 1 aromatic carbocycles. The summed E-state index contributed by atoms with van der Waals surface area (Å²) in [5.74, 6) is 3.01. The van der Waals surface area contributed by atoms with Crippen molar-refractivity contribution in [2.75, 3.05) is 20.8 Å². The van der Waals surface area contributed by atoms with Gasteiger partial charge in [-0.25, -0.2) is 9.50 Å². The lowest BCUT2D eigenvalue weighted by atomic mass is 9.80. The maximum atomic E-state index is 12.5. The highest BCUT2D eigenvalue weighted by atomic mass is 16.5. The van der Waals surface area contributed by atoms with Gasteiger partial charge >= 0.3 is 0 Å². The molecule has 158 valence electrons. The topological polar surface area (TPSA) is 90.6 Å². The van der Waals surface area contributed by atoms with Crippen LogP contribution in [0.1, 0.15) is 42.9 Å². The van der Waals surface area contributed by atoms with E-state index in [4.69, 9.17) is 9.47 Å². The normalized spacial score (nSPS) is 18.9. The Balaban J connectivity index is 1.29. The molecule has 0 unspecified atom stereocenters. The number of benzene rings is 1. The molecule has 2 aromatic heterocycles. The Hall–Kier alpha value is -3.16. The summed E-state index contributed by atoms with van der Waals surface area (Å²) in [5, 5.41) is 7.40. The first-order valence-electron chi connectivity index (χ1n) is 10.3. The van der Waals surface area contributed by atoms with Crippen LogP contribution in [0.5, 0.6) is 11.5 Å². The molecule has 1 saturated carbocycles. The average Bonchev–Trinajstić information content (AvgIpc) is 3.27. The van der Waals surface area contributed by atoms with Gasteiger partial charge < -0.3 is 14.8 Å². The van der Waals surface area contributed by atoms with Crippen LogP contribution in [0.4, 0.5) is 0 Å². The first-order valence-corrected chi connectivity index (χ1v) is 10.3. The summed E-state index contributed by atoms with van der Waals surface area (Å²) in [6.45, 7) is 0.701. The average molecular weight is 409 g/mol. The maximum absolute atomic E-state index is 12.5. The van der Waals surface area contributed by atoms with Crippen LogP contribution in [-0.2, 0) is 11.2 Å². The van der Waals surface area contributed by atoms with Crippen LogP contribution in [-0.4, -0.2) is 46.3 Å². The van der Waals surface area contributed by atoms with Gasteiger partial charge in [-0.1, -0.05) is 0 Å². The number of rotatable bonds is 7. The molecule has 0 radical (unpaired) electrons.